The van der Waals surface area contributed by atoms with Crippen molar-refractivity contribution in [2.75, 3.05) is 107 Å². The van der Waals surface area contributed by atoms with Crippen LogP contribution in [-0.4, -0.2) is 129 Å². The Labute approximate surface area is 255 Å². The van der Waals surface area contributed by atoms with Gasteiger partial charge in [0.1, 0.15) is 0 Å². The summed E-state index contributed by atoms with van der Waals surface area (Å²) in [7, 11) is 5.24. The van der Waals surface area contributed by atoms with Crippen LogP contribution in [0.3, 0.4) is 0 Å². The van der Waals surface area contributed by atoms with Gasteiger partial charge in [0.25, 0.3) is 0 Å². The molecule has 0 aliphatic heterocycles. The van der Waals surface area contributed by atoms with Crippen molar-refractivity contribution in [3.63, 3.8) is 0 Å². The van der Waals surface area contributed by atoms with Gasteiger partial charge in [0.15, 0.2) is 0 Å². The molecule has 0 atom stereocenters. The summed E-state index contributed by atoms with van der Waals surface area (Å²) in [5.74, 6) is 0. The third-order valence-electron chi connectivity index (χ3n) is 3.46. The van der Waals surface area contributed by atoms with Gasteiger partial charge in [-0.3, -0.25) is 0 Å². The van der Waals surface area contributed by atoms with Gasteiger partial charge in [0.05, 0.1) is 107 Å². The van der Waals surface area contributed by atoms with Crippen molar-refractivity contribution in [3.8, 4) is 0 Å². The molecule has 0 radical (unpaired) electrons. The van der Waals surface area contributed by atoms with E-state index >= 15 is 0 Å². The smallest absolute Gasteiger partial charge is 0.248 e. The zero-order valence-electron chi connectivity index (χ0n) is 26.3. The molecular weight excluding hydrogens is 720 g/mol. The van der Waals surface area contributed by atoms with Crippen molar-refractivity contribution in [3.05, 3.63) is 0 Å². The number of hydrogen-bond acceptors (Lipinski definition) is 15. The van der Waals surface area contributed by atoms with Gasteiger partial charge < -0.3 is 0 Å². The van der Waals surface area contributed by atoms with Gasteiger partial charge in [-0.15, -0.1) is 0 Å². The van der Waals surface area contributed by atoms with E-state index in [1.807, 2.05) is 0 Å². The fraction of sp³-hybridized carbons (Fsp3) is 1.00. The molecule has 0 aliphatic rings. The van der Waals surface area contributed by atoms with Crippen LogP contribution in [0.4, 0.5) is 0 Å². The fourth-order valence-corrected chi connectivity index (χ4v) is 3.35. The van der Waals surface area contributed by atoms with Gasteiger partial charge in [-0.2, -0.15) is 0 Å². The molecule has 0 rings (SSSR count). The average molecular weight is 771 g/mol. The van der Waals surface area contributed by atoms with Crippen molar-refractivity contribution in [1.29, 1.82) is 0 Å². The third kappa shape index (κ3) is 29.6. The summed E-state index contributed by atoms with van der Waals surface area (Å²) in [5.41, 5.74) is 0. The van der Waals surface area contributed by atoms with Crippen molar-refractivity contribution < 1.29 is 110 Å². The van der Waals surface area contributed by atoms with Gasteiger partial charge in [-0.05, 0) is 0 Å². The van der Waals surface area contributed by atoms with E-state index in [1.54, 1.807) is 0 Å². The minimum Gasteiger partial charge on any atom is -0.248 e. The van der Waals surface area contributed by atoms with E-state index in [-0.39, 0.29) is 19.5 Å². The summed E-state index contributed by atoms with van der Waals surface area (Å²) in [6, 6.07) is 0. The summed E-state index contributed by atoms with van der Waals surface area (Å²) >= 11 is 0. The van der Waals surface area contributed by atoms with Crippen molar-refractivity contribution in [1.82, 2.24) is 0 Å². The summed E-state index contributed by atoms with van der Waals surface area (Å²) in [6.07, 6.45) is 0. The van der Waals surface area contributed by atoms with Crippen LogP contribution in [0.15, 0.2) is 0 Å². The fourth-order valence-electron chi connectivity index (χ4n) is 1.12. The van der Waals surface area contributed by atoms with E-state index in [4.69, 9.17) is 22.8 Å². The molecule has 0 heterocycles. The Morgan fingerprint density at radius 2 is 0.268 bits per heavy atom. The van der Waals surface area contributed by atoms with Crippen molar-refractivity contribution in [2.45, 2.75) is 0 Å². The molecule has 0 amide bonds. The molecular formula is C15H50O20P5Zn+7. The van der Waals surface area contributed by atoms with Crippen LogP contribution in [-0.2, 0) is 87.3 Å². The predicted molar refractivity (Wildman–Crippen MR) is 149 cm³/mol. The molecule has 0 spiro atoms. The maximum atomic E-state index is 8.88. The Bertz CT molecular complexity index is 570. The van der Waals surface area contributed by atoms with Crippen LogP contribution in [0.1, 0.15) is 0 Å². The Kier molecular flexibility index (Phi) is 41.5. The van der Waals surface area contributed by atoms with Gasteiger partial charge in [-0.1, -0.05) is 0 Å². The zero-order valence-corrected chi connectivity index (χ0v) is 33.7. The molecule has 0 fully saturated rings. The summed E-state index contributed by atoms with van der Waals surface area (Å²) in [4.78, 5) is 0. The van der Waals surface area contributed by atoms with Crippen LogP contribution in [0, 0.1) is 0 Å². The van der Waals surface area contributed by atoms with Crippen LogP contribution in [0.2, 0.25) is 0 Å². The summed E-state index contributed by atoms with van der Waals surface area (Å²) in [6.45, 7) is 0. The monoisotopic (exact) mass is 769 g/mol. The molecule has 0 aromatic heterocycles. The van der Waals surface area contributed by atoms with Gasteiger partial charge in [0.2, 0.25) is 0 Å². The second-order valence-corrected chi connectivity index (χ2v) is 15.2. The predicted octanol–water partition coefficient (Wildman–Crippen LogP) is 4.88. The maximum absolute atomic E-state index is 8.88. The topological polar surface area (TPSA) is 245 Å². The van der Waals surface area contributed by atoms with Gasteiger partial charge >= 0.3 is 58.6 Å². The molecule has 0 bridgehead atoms. The molecule has 5 N–H and O–H groups in total. The summed E-state index contributed by atoms with van der Waals surface area (Å²) < 4.78 is 111. The minimum atomic E-state index is -2.91. The van der Waals surface area contributed by atoms with E-state index in [0.29, 0.717) is 0 Å². The molecule has 26 heteroatoms. The Morgan fingerprint density at radius 1 is 0.220 bits per heavy atom. The van der Waals surface area contributed by atoms with E-state index < -0.39 is 39.1 Å². The Hall–Kier alpha value is 1.17. The van der Waals surface area contributed by atoms with Crippen LogP contribution < -0.4 is 0 Å². The molecule has 250 valence electrons. The maximum Gasteiger partial charge on any atom is 2.00 e. The van der Waals surface area contributed by atoms with E-state index in [9.17, 15) is 0 Å². The first-order valence-corrected chi connectivity index (χ1v) is 17.3. The van der Waals surface area contributed by atoms with Gasteiger partial charge in [0, 0.05) is 0 Å². The quantitative estimate of drug-likeness (QED) is 0.122. The molecule has 0 unspecified atom stereocenters. The van der Waals surface area contributed by atoms with E-state index in [2.05, 4.69) is 67.9 Å². The average Bonchev–Trinajstić information content (AvgIpc) is 3.03. The first kappa shape index (κ1) is 54.6. The molecule has 0 saturated heterocycles. The number of rotatable bonds is 15. The molecule has 0 aliphatic carbocycles. The molecule has 0 aromatic carbocycles. The van der Waals surface area contributed by atoms with Crippen molar-refractivity contribution in [2.24, 2.45) is 0 Å². The summed E-state index contributed by atoms with van der Waals surface area (Å²) in [5, 5.41) is 0. The second-order valence-electron chi connectivity index (χ2n) is 5.08. The minimum absolute atomic E-state index is 0. The Balaban J connectivity index is -0.0000000928. The van der Waals surface area contributed by atoms with Gasteiger partial charge in [-0.25, -0.2) is 90.7 Å². The standard InChI is InChI=1S/5C3H9O4P.Zn/c5*1-5-8(4,6-2)7-3;/h5*1-3H3;/q;;;;;+2/p+5. The van der Waals surface area contributed by atoms with E-state index in [1.165, 1.54) is 107 Å². The molecule has 0 aromatic rings. The Morgan fingerprint density at radius 3 is 0.268 bits per heavy atom. The molecule has 0 saturated carbocycles. The SMILES string of the molecule is COP(=[OH+])(OC)OC.COP(=[OH+])(OC)OC.COP(=[OH+])(OC)OC.COP(=[OH+])(OC)OC.COP(=[OH+])(OC)OC.[Zn+2]. The van der Waals surface area contributed by atoms with Crippen LogP contribution in [0.25, 0.3) is 0 Å². The van der Waals surface area contributed by atoms with Crippen LogP contribution >= 0.6 is 39.1 Å². The third-order valence-corrected chi connectivity index (χ3v) is 10.4. The molecule has 41 heavy (non-hydrogen) atoms. The first-order valence-electron chi connectivity index (χ1n) is 9.86. The normalized spacial score (nSPS) is 11.6. The molecule has 20 nitrogen and oxygen atoms in total. The van der Waals surface area contributed by atoms with E-state index in [0.717, 1.165) is 0 Å². The number of hydrogen-bond donors (Lipinski definition) is 0. The van der Waals surface area contributed by atoms with Crippen molar-refractivity contribution >= 4 is 39.1 Å². The van der Waals surface area contributed by atoms with Crippen LogP contribution in [0.5, 0.6) is 0 Å². The first-order chi connectivity index (χ1) is 18.4. The largest absolute Gasteiger partial charge is 2.00 e. The zero-order chi connectivity index (χ0) is 33.1. The second kappa shape index (κ2) is 31.2.